The zero-order valence-corrected chi connectivity index (χ0v) is 16.5. The lowest BCUT2D eigenvalue weighted by Gasteiger charge is -2.09. The lowest BCUT2D eigenvalue weighted by atomic mass is 10.2. The molecule has 4 rings (SSSR count). The number of anilines is 1. The van der Waals surface area contributed by atoms with Gasteiger partial charge in [0.1, 0.15) is 11.5 Å². The molecule has 0 fully saturated rings. The van der Waals surface area contributed by atoms with Crippen molar-refractivity contribution in [2.45, 2.75) is 0 Å². The highest BCUT2D eigenvalue weighted by molar-refractivity contribution is 6.32. The number of aromatic nitrogens is 3. The molecule has 0 bridgehead atoms. The summed E-state index contributed by atoms with van der Waals surface area (Å²) in [6.45, 7) is 0. The summed E-state index contributed by atoms with van der Waals surface area (Å²) in [5.74, 6) is 1.46. The largest absolute Gasteiger partial charge is 0.496 e. The highest BCUT2D eigenvalue weighted by Crippen LogP contribution is 2.30. The minimum atomic E-state index is -0.323. The Morgan fingerprint density at radius 1 is 1.00 bits per heavy atom. The summed E-state index contributed by atoms with van der Waals surface area (Å²) < 4.78 is 12.3. The van der Waals surface area contributed by atoms with Crippen molar-refractivity contribution in [2.24, 2.45) is 0 Å². The van der Waals surface area contributed by atoms with Crippen LogP contribution in [0.1, 0.15) is 10.4 Å². The number of rotatable bonds is 5. The Bertz CT molecular complexity index is 1210. The molecule has 0 saturated carbocycles. The van der Waals surface area contributed by atoms with Gasteiger partial charge in [0.2, 0.25) is 0 Å². The number of benzene rings is 2. The van der Waals surface area contributed by atoms with E-state index in [4.69, 9.17) is 21.1 Å². The molecular weight excluding hydrogens is 392 g/mol. The van der Waals surface area contributed by atoms with Gasteiger partial charge >= 0.3 is 0 Å². The molecule has 2 heterocycles. The summed E-state index contributed by atoms with van der Waals surface area (Å²) in [6, 6.07) is 16.0. The quantitative estimate of drug-likeness (QED) is 0.532. The smallest absolute Gasteiger partial charge is 0.259 e. The first-order valence-corrected chi connectivity index (χ1v) is 9.12. The van der Waals surface area contributed by atoms with Gasteiger partial charge in [-0.1, -0.05) is 23.7 Å². The molecule has 0 spiro atoms. The standard InChI is InChI=1S/C21H17ClN4O3/c1-28-17-8-4-3-6-14(17)19-24-25-20-15(7-5-11-26(19)20)21(27)23-13-9-10-18(29-2)16(22)12-13/h3-12H,1-2H3,(H,23,27). The number of hydrogen-bond donors (Lipinski definition) is 1. The molecule has 0 unspecified atom stereocenters. The Hall–Kier alpha value is -3.58. The van der Waals surface area contributed by atoms with Gasteiger partial charge in [-0.15, -0.1) is 10.2 Å². The SMILES string of the molecule is COc1ccc(NC(=O)c2cccn3c(-c4ccccc4OC)nnc23)cc1Cl. The average Bonchev–Trinajstić information content (AvgIpc) is 3.18. The number of methoxy groups -OCH3 is 2. The normalized spacial score (nSPS) is 10.7. The van der Waals surface area contributed by atoms with Crippen LogP contribution in [0.15, 0.2) is 60.8 Å². The van der Waals surface area contributed by atoms with Crippen LogP contribution in [0.25, 0.3) is 17.0 Å². The highest BCUT2D eigenvalue weighted by Gasteiger charge is 2.18. The second-order valence-electron chi connectivity index (χ2n) is 6.14. The zero-order valence-electron chi connectivity index (χ0n) is 15.7. The van der Waals surface area contributed by atoms with E-state index in [-0.39, 0.29) is 5.91 Å². The van der Waals surface area contributed by atoms with Gasteiger partial charge < -0.3 is 14.8 Å². The number of ether oxygens (including phenoxy) is 2. The monoisotopic (exact) mass is 408 g/mol. The molecule has 0 atom stereocenters. The Morgan fingerprint density at radius 2 is 1.79 bits per heavy atom. The fraction of sp³-hybridized carbons (Fsp3) is 0.0952. The Balaban J connectivity index is 1.71. The number of carbonyl (C=O) groups is 1. The molecule has 0 aliphatic carbocycles. The maximum Gasteiger partial charge on any atom is 0.259 e. The third-order valence-corrected chi connectivity index (χ3v) is 4.73. The van der Waals surface area contributed by atoms with Crippen LogP contribution < -0.4 is 14.8 Å². The van der Waals surface area contributed by atoms with Crippen LogP contribution in [-0.4, -0.2) is 34.7 Å². The number of pyridine rings is 1. The van der Waals surface area contributed by atoms with Gasteiger partial charge in [0.25, 0.3) is 5.91 Å². The van der Waals surface area contributed by atoms with Crippen molar-refractivity contribution < 1.29 is 14.3 Å². The van der Waals surface area contributed by atoms with Crippen molar-refractivity contribution in [1.82, 2.24) is 14.6 Å². The number of para-hydroxylation sites is 1. The number of carbonyl (C=O) groups excluding carboxylic acids is 1. The molecule has 4 aromatic rings. The van der Waals surface area contributed by atoms with Crippen LogP contribution in [0.2, 0.25) is 5.02 Å². The van der Waals surface area contributed by atoms with Gasteiger partial charge in [0.15, 0.2) is 11.5 Å². The molecule has 0 aliphatic rings. The summed E-state index contributed by atoms with van der Waals surface area (Å²) >= 11 is 6.14. The third kappa shape index (κ3) is 3.48. The first-order valence-electron chi connectivity index (χ1n) is 8.74. The van der Waals surface area contributed by atoms with Crippen LogP contribution >= 0.6 is 11.6 Å². The van der Waals surface area contributed by atoms with Crippen LogP contribution in [0.3, 0.4) is 0 Å². The topological polar surface area (TPSA) is 77.8 Å². The molecule has 0 aliphatic heterocycles. The predicted octanol–water partition coefficient (Wildman–Crippen LogP) is 4.32. The molecule has 1 amide bonds. The van der Waals surface area contributed by atoms with Crippen LogP contribution in [0.4, 0.5) is 5.69 Å². The highest BCUT2D eigenvalue weighted by atomic mass is 35.5. The van der Waals surface area contributed by atoms with E-state index >= 15 is 0 Å². The number of nitrogens with zero attached hydrogens (tertiary/aromatic N) is 3. The van der Waals surface area contributed by atoms with Gasteiger partial charge in [-0.3, -0.25) is 9.20 Å². The maximum absolute atomic E-state index is 12.9. The van der Waals surface area contributed by atoms with E-state index in [1.165, 1.54) is 7.11 Å². The second kappa shape index (κ2) is 7.81. The summed E-state index contributed by atoms with van der Waals surface area (Å²) in [5.41, 5.74) is 2.15. The molecular formula is C21H17ClN4O3. The van der Waals surface area contributed by atoms with Gasteiger partial charge in [-0.25, -0.2) is 0 Å². The number of amides is 1. The molecule has 0 saturated heterocycles. The summed E-state index contributed by atoms with van der Waals surface area (Å²) in [7, 11) is 3.13. The van der Waals surface area contributed by atoms with Gasteiger partial charge in [-0.05, 0) is 42.5 Å². The van der Waals surface area contributed by atoms with Gasteiger partial charge in [-0.2, -0.15) is 0 Å². The fourth-order valence-electron chi connectivity index (χ4n) is 3.05. The molecule has 2 aromatic heterocycles. The molecule has 1 N–H and O–H groups in total. The van der Waals surface area contributed by atoms with Gasteiger partial charge in [0.05, 0.1) is 30.4 Å². The van der Waals surface area contributed by atoms with Crippen molar-refractivity contribution in [2.75, 3.05) is 19.5 Å². The van der Waals surface area contributed by atoms with Crippen molar-refractivity contribution >= 4 is 28.8 Å². The summed E-state index contributed by atoms with van der Waals surface area (Å²) in [5, 5.41) is 11.7. The lowest BCUT2D eigenvalue weighted by Crippen LogP contribution is -2.13. The molecule has 2 aromatic carbocycles. The average molecular weight is 409 g/mol. The minimum absolute atomic E-state index is 0.323. The van der Waals surface area contributed by atoms with E-state index in [9.17, 15) is 4.79 Å². The van der Waals surface area contributed by atoms with E-state index in [0.29, 0.717) is 39.2 Å². The van der Waals surface area contributed by atoms with E-state index in [2.05, 4.69) is 15.5 Å². The zero-order chi connectivity index (χ0) is 20.4. The van der Waals surface area contributed by atoms with Crippen molar-refractivity contribution in [1.29, 1.82) is 0 Å². The van der Waals surface area contributed by atoms with Crippen LogP contribution in [-0.2, 0) is 0 Å². The van der Waals surface area contributed by atoms with Crippen molar-refractivity contribution in [3.8, 4) is 22.9 Å². The summed E-state index contributed by atoms with van der Waals surface area (Å²) in [4.78, 5) is 12.9. The van der Waals surface area contributed by atoms with Crippen molar-refractivity contribution in [3.05, 3.63) is 71.4 Å². The number of hydrogen-bond acceptors (Lipinski definition) is 5. The predicted molar refractivity (Wildman–Crippen MR) is 111 cm³/mol. The number of nitrogens with one attached hydrogen (secondary N) is 1. The van der Waals surface area contributed by atoms with E-state index < -0.39 is 0 Å². The first-order chi connectivity index (χ1) is 14.1. The van der Waals surface area contributed by atoms with Gasteiger partial charge in [0, 0.05) is 11.9 Å². The van der Waals surface area contributed by atoms with Crippen LogP contribution in [0.5, 0.6) is 11.5 Å². The molecule has 7 nitrogen and oxygen atoms in total. The van der Waals surface area contributed by atoms with E-state index in [1.807, 2.05) is 24.3 Å². The Labute approximate surface area is 171 Å². The molecule has 8 heteroatoms. The van der Waals surface area contributed by atoms with Crippen LogP contribution in [0, 0.1) is 0 Å². The third-order valence-electron chi connectivity index (χ3n) is 4.44. The lowest BCUT2D eigenvalue weighted by molar-refractivity contribution is 0.102. The minimum Gasteiger partial charge on any atom is -0.496 e. The van der Waals surface area contributed by atoms with Crippen molar-refractivity contribution in [3.63, 3.8) is 0 Å². The molecule has 146 valence electrons. The molecule has 29 heavy (non-hydrogen) atoms. The Morgan fingerprint density at radius 3 is 2.55 bits per heavy atom. The fourth-order valence-corrected chi connectivity index (χ4v) is 3.31. The maximum atomic E-state index is 12.9. The number of fused-ring (bicyclic) bond motifs is 1. The molecule has 0 radical (unpaired) electrons. The second-order valence-corrected chi connectivity index (χ2v) is 6.55. The number of halogens is 1. The van der Waals surface area contributed by atoms with E-state index in [0.717, 1.165) is 5.56 Å². The van der Waals surface area contributed by atoms with E-state index in [1.54, 1.807) is 48.0 Å². The first kappa shape index (κ1) is 18.8. The summed E-state index contributed by atoms with van der Waals surface area (Å²) in [6.07, 6.45) is 1.80. The Kier molecular flexibility index (Phi) is 5.05.